The summed E-state index contributed by atoms with van der Waals surface area (Å²) in [5.41, 5.74) is 3.51. The van der Waals surface area contributed by atoms with E-state index in [2.05, 4.69) is 10.2 Å². The minimum atomic E-state index is 0.564. The van der Waals surface area contributed by atoms with Crippen molar-refractivity contribution in [1.82, 2.24) is 0 Å². The molecule has 134 valence electrons. The molecular formula is C20H20N2O4. The van der Waals surface area contributed by atoms with Gasteiger partial charge in [0.2, 0.25) is 0 Å². The predicted octanol–water partition coefficient (Wildman–Crippen LogP) is 3.46. The van der Waals surface area contributed by atoms with Crippen LogP contribution in [0.1, 0.15) is 25.0 Å². The van der Waals surface area contributed by atoms with Gasteiger partial charge >= 0.3 is 0 Å². The quantitative estimate of drug-likeness (QED) is 0.627. The molecule has 2 aliphatic heterocycles. The molecule has 0 saturated heterocycles. The Morgan fingerprint density at radius 3 is 1.42 bits per heavy atom. The van der Waals surface area contributed by atoms with Gasteiger partial charge in [0.15, 0.2) is 23.0 Å². The number of benzene rings is 2. The van der Waals surface area contributed by atoms with Crippen LogP contribution in [0, 0.1) is 0 Å². The second-order valence-electron chi connectivity index (χ2n) is 6.09. The third kappa shape index (κ3) is 3.35. The first kappa shape index (κ1) is 16.4. The summed E-state index contributed by atoms with van der Waals surface area (Å²) in [6.45, 7) is 6.14. The van der Waals surface area contributed by atoms with E-state index >= 15 is 0 Å². The van der Waals surface area contributed by atoms with Crippen LogP contribution in [-0.2, 0) is 0 Å². The van der Waals surface area contributed by atoms with E-state index in [4.69, 9.17) is 18.9 Å². The predicted molar refractivity (Wildman–Crippen MR) is 99.3 cm³/mol. The van der Waals surface area contributed by atoms with Gasteiger partial charge in [0.05, 0.1) is 11.4 Å². The minimum absolute atomic E-state index is 0.564. The lowest BCUT2D eigenvalue weighted by Crippen LogP contribution is -2.15. The van der Waals surface area contributed by atoms with Crippen LogP contribution in [0.2, 0.25) is 0 Å². The highest BCUT2D eigenvalue weighted by molar-refractivity contribution is 6.02. The van der Waals surface area contributed by atoms with Gasteiger partial charge in [-0.2, -0.15) is 10.2 Å². The maximum Gasteiger partial charge on any atom is 0.162 e. The number of hydrogen-bond donors (Lipinski definition) is 0. The molecule has 0 saturated carbocycles. The topological polar surface area (TPSA) is 61.6 Å². The monoisotopic (exact) mass is 352 g/mol. The van der Waals surface area contributed by atoms with Crippen LogP contribution in [0.5, 0.6) is 23.0 Å². The van der Waals surface area contributed by atoms with Gasteiger partial charge < -0.3 is 18.9 Å². The van der Waals surface area contributed by atoms with Gasteiger partial charge in [0.25, 0.3) is 0 Å². The first-order valence-electron chi connectivity index (χ1n) is 8.59. The Bertz CT molecular complexity index is 816. The zero-order valence-corrected chi connectivity index (χ0v) is 14.8. The van der Waals surface area contributed by atoms with E-state index in [9.17, 15) is 0 Å². The Morgan fingerprint density at radius 2 is 1.00 bits per heavy atom. The zero-order chi connectivity index (χ0) is 17.9. The molecule has 0 aromatic heterocycles. The van der Waals surface area contributed by atoms with Crippen LogP contribution in [0.25, 0.3) is 0 Å². The maximum absolute atomic E-state index is 5.62. The number of ether oxygens (including phenoxy) is 4. The molecule has 0 unspecified atom stereocenters. The van der Waals surface area contributed by atoms with Crippen molar-refractivity contribution in [2.45, 2.75) is 13.8 Å². The highest BCUT2D eigenvalue weighted by Crippen LogP contribution is 2.32. The van der Waals surface area contributed by atoms with Crippen molar-refractivity contribution in [3.05, 3.63) is 47.5 Å². The molecule has 2 aliphatic rings. The van der Waals surface area contributed by atoms with Crippen LogP contribution in [0.15, 0.2) is 46.6 Å². The van der Waals surface area contributed by atoms with Crippen LogP contribution >= 0.6 is 0 Å². The highest BCUT2D eigenvalue weighted by atomic mass is 16.6. The van der Waals surface area contributed by atoms with Gasteiger partial charge in [-0.3, -0.25) is 0 Å². The van der Waals surface area contributed by atoms with Crippen LogP contribution in [0.4, 0.5) is 0 Å². The van der Waals surface area contributed by atoms with Crippen molar-refractivity contribution in [3.63, 3.8) is 0 Å². The Morgan fingerprint density at radius 1 is 0.615 bits per heavy atom. The maximum atomic E-state index is 5.62. The molecule has 0 bridgehead atoms. The van der Waals surface area contributed by atoms with E-state index in [1.54, 1.807) is 0 Å². The summed E-state index contributed by atoms with van der Waals surface area (Å²) in [6, 6.07) is 11.6. The van der Waals surface area contributed by atoms with Crippen LogP contribution in [0.3, 0.4) is 0 Å². The Balaban J connectivity index is 1.55. The molecule has 4 rings (SSSR count). The average molecular weight is 352 g/mol. The van der Waals surface area contributed by atoms with E-state index in [0.29, 0.717) is 26.4 Å². The number of rotatable bonds is 3. The van der Waals surface area contributed by atoms with Gasteiger partial charge in [0, 0.05) is 11.1 Å². The summed E-state index contributed by atoms with van der Waals surface area (Å²) in [7, 11) is 0. The van der Waals surface area contributed by atoms with E-state index in [1.807, 2.05) is 50.2 Å². The largest absolute Gasteiger partial charge is 0.486 e. The van der Waals surface area contributed by atoms with E-state index in [1.165, 1.54) is 0 Å². The first-order chi connectivity index (χ1) is 12.7. The standard InChI is InChI=1S/C20H20N2O4/c1-13(15-3-5-17-19(11-15)25-9-7-23-17)21-22-14(2)16-4-6-18-20(12-16)26-10-8-24-18/h3-6,11-12H,7-10H2,1-2H3/b21-13+,22-14+. The zero-order valence-electron chi connectivity index (χ0n) is 14.8. The molecule has 26 heavy (non-hydrogen) atoms. The molecule has 2 heterocycles. The highest BCUT2D eigenvalue weighted by Gasteiger charge is 2.14. The summed E-state index contributed by atoms with van der Waals surface area (Å²) in [5, 5.41) is 8.74. The fourth-order valence-electron chi connectivity index (χ4n) is 2.80. The molecule has 6 heteroatoms. The third-order valence-electron chi connectivity index (χ3n) is 4.27. The van der Waals surface area contributed by atoms with Crippen molar-refractivity contribution in [2.75, 3.05) is 26.4 Å². The van der Waals surface area contributed by atoms with Crippen molar-refractivity contribution in [3.8, 4) is 23.0 Å². The van der Waals surface area contributed by atoms with E-state index < -0.39 is 0 Å². The summed E-state index contributed by atoms with van der Waals surface area (Å²) in [6.07, 6.45) is 0. The molecule has 2 aromatic carbocycles. The molecule has 0 aliphatic carbocycles. The smallest absolute Gasteiger partial charge is 0.162 e. The lowest BCUT2D eigenvalue weighted by atomic mass is 10.1. The normalized spacial score (nSPS) is 16.4. The number of nitrogens with zero attached hydrogens (tertiary/aromatic N) is 2. The molecule has 0 N–H and O–H groups in total. The Labute approximate surface area is 152 Å². The molecule has 6 nitrogen and oxygen atoms in total. The first-order valence-corrected chi connectivity index (χ1v) is 8.59. The molecule has 0 radical (unpaired) electrons. The molecule has 0 amide bonds. The molecule has 0 spiro atoms. The fraction of sp³-hybridized carbons (Fsp3) is 0.300. The second kappa shape index (κ2) is 7.07. The fourth-order valence-corrected chi connectivity index (χ4v) is 2.80. The van der Waals surface area contributed by atoms with Crippen LogP contribution < -0.4 is 18.9 Å². The van der Waals surface area contributed by atoms with Crippen molar-refractivity contribution >= 4 is 11.4 Å². The lowest BCUT2D eigenvalue weighted by molar-refractivity contribution is 0.171. The van der Waals surface area contributed by atoms with Crippen molar-refractivity contribution < 1.29 is 18.9 Å². The van der Waals surface area contributed by atoms with Gasteiger partial charge in [-0.05, 0) is 50.2 Å². The number of fused-ring (bicyclic) bond motifs is 2. The minimum Gasteiger partial charge on any atom is -0.486 e. The number of hydrogen-bond acceptors (Lipinski definition) is 6. The average Bonchev–Trinajstić information content (AvgIpc) is 2.71. The second-order valence-corrected chi connectivity index (χ2v) is 6.09. The summed E-state index contributed by atoms with van der Waals surface area (Å²) < 4.78 is 22.3. The lowest BCUT2D eigenvalue weighted by Gasteiger charge is -2.19. The van der Waals surface area contributed by atoms with E-state index in [-0.39, 0.29) is 0 Å². The third-order valence-corrected chi connectivity index (χ3v) is 4.27. The molecule has 0 atom stereocenters. The van der Waals surface area contributed by atoms with E-state index in [0.717, 1.165) is 45.5 Å². The summed E-state index contributed by atoms with van der Waals surface area (Å²) >= 11 is 0. The molecular weight excluding hydrogens is 332 g/mol. The molecule has 0 fully saturated rings. The summed E-state index contributed by atoms with van der Waals surface area (Å²) in [4.78, 5) is 0. The van der Waals surface area contributed by atoms with Gasteiger partial charge in [0.1, 0.15) is 26.4 Å². The van der Waals surface area contributed by atoms with Crippen molar-refractivity contribution in [2.24, 2.45) is 10.2 Å². The van der Waals surface area contributed by atoms with Crippen molar-refractivity contribution in [1.29, 1.82) is 0 Å². The van der Waals surface area contributed by atoms with Crippen LogP contribution in [-0.4, -0.2) is 37.9 Å². The SMILES string of the molecule is C/C(=N\N=C(/C)c1ccc2c(c1)OCCO2)c1ccc2c(c1)OCCO2. The Kier molecular flexibility index (Phi) is 4.48. The Hall–Kier alpha value is -3.02. The van der Waals surface area contributed by atoms with Gasteiger partial charge in [-0.1, -0.05) is 0 Å². The summed E-state index contributed by atoms with van der Waals surface area (Å²) in [5.74, 6) is 3.03. The van der Waals surface area contributed by atoms with Gasteiger partial charge in [-0.25, -0.2) is 0 Å². The van der Waals surface area contributed by atoms with Gasteiger partial charge in [-0.15, -0.1) is 0 Å². The molecule has 2 aromatic rings.